The highest BCUT2D eigenvalue weighted by Crippen LogP contribution is 2.22. The summed E-state index contributed by atoms with van der Waals surface area (Å²) in [6.07, 6.45) is 0. The van der Waals surface area contributed by atoms with Crippen LogP contribution >= 0.6 is 11.3 Å². The smallest absolute Gasteiger partial charge is 0.324 e. The summed E-state index contributed by atoms with van der Waals surface area (Å²) in [6, 6.07) is 5.07. The van der Waals surface area contributed by atoms with Crippen molar-refractivity contribution in [3.8, 4) is 10.6 Å². The van der Waals surface area contributed by atoms with Crippen LogP contribution < -0.4 is 10.6 Å². The second kappa shape index (κ2) is 5.98. The Morgan fingerprint density at radius 1 is 1.45 bits per heavy atom. The summed E-state index contributed by atoms with van der Waals surface area (Å²) in [7, 11) is 0. The maximum absolute atomic E-state index is 12.0. The van der Waals surface area contributed by atoms with Crippen LogP contribution in [-0.4, -0.2) is 52.6 Å². The van der Waals surface area contributed by atoms with Crippen LogP contribution in [0.15, 0.2) is 23.6 Å². The molecule has 2 aromatic heterocycles. The lowest BCUT2D eigenvalue weighted by Gasteiger charge is -2.12. The number of thiophene rings is 1. The van der Waals surface area contributed by atoms with E-state index >= 15 is 0 Å². The lowest BCUT2D eigenvalue weighted by atomic mass is 10.3. The molecule has 8 nitrogen and oxygen atoms in total. The first kappa shape index (κ1) is 14.3. The van der Waals surface area contributed by atoms with Crippen LogP contribution in [0, 0.1) is 0 Å². The summed E-state index contributed by atoms with van der Waals surface area (Å²) in [4.78, 5) is 36.7. The second-order valence-electron chi connectivity index (χ2n) is 4.60. The number of aromatic amines is 1. The van der Waals surface area contributed by atoms with Crippen LogP contribution in [0.5, 0.6) is 0 Å². The molecule has 1 aliphatic heterocycles. The van der Waals surface area contributed by atoms with E-state index in [4.69, 9.17) is 0 Å². The molecule has 22 heavy (non-hydrogen) atoms. The Bertz CT molecular complexity index is 693. The van der Waals surface area contributed by atoms with Crippen LogP contribution in [-0.2, 0) is 4.79 Å². The highest BCUT2D eigenvalue weighted by molar-refractivity contribution is 7.13. The van der Waals surface area contributed by atoms with Crippen molar-refractivity contribution in [3.63, 3.8) is 0 Å². The number of carbonyl (C=O) groups is 3. The van der Waals surface area contributed by atoms with Gasteiger partial charge in [-0.2, -0.15) is 5.10 Å². The van der Waals surface area contributed by atoms with Gasteiger partial charge in [-0.3, -0.25) is 19.6 Å². The van der Waals surface area contributed by atoms with Crippen LogP contribution in [0.2, 0.25) is 0 Å². The summed E-state index contributed by atoms with van der Waals surface area (Å²) < 4.78 is 0. The minimum atomic E-state index is -0.431. The Morgan fingerprint density at radius 3 is 3.00 bits per heavy atom. The molecule has 9 heteroatoms. The van der Waals surface area contributed by atoms with Gasteiger partial charge in [-0.1, -0.05) is 6.07 Å². The number of nitrogens with zero attached hydrogens (tertiary/aromatic N) is 2. The molecular formula is C13H13N5O3S. The van der Waals surface area contributed by atoms with Crippen LogP contribution in [0.25, 0.3) is 10.6 Å². The quantitative estimate of drug-likeness (QED) is 0.694. The third kappa shape index (κ3) is 2.84. The number of carbonyl (C=O) groups excluding carboxylic acids is 3. The normalized spacial score (nSPS) is 14.3. The number of hydrogen-bond donors (Lipinski definition) is 3. The fourth-order valence-electron chi connectivity index (χ4n) is 2.05. The Hall–Kier alpha value is -2.68. The molecule has 1 fully saturated rings. The monoisotopic (exact) mass is 319 g/mol. The highest BCUT2D eigenvalue weighted by Gasteiger charge is 2.27. The van der Waals surface area contributed by atoms with Crippen LogP contribution in [0.3, 0.4) is 0 Å². The van der Waals surface area contributed by atoms with Gasteiger partial charge in [-0.15, -0.1) is 11.3 Å². The molecule has 0 saturated carbocycles. The number of aromatic nitrogens is 2. The molecule has 3 N–H and O–H groups in total. The molecule has 3 rings (SSSR count). The van der Waals surface area contributed by atoms with Crippen LogP contribution in [0.1, 0.15) is 10.5 Å². The van der Waals surface area contributed by atoms with E-state index < -0.39 is 6.03 Å². The highest BCUT2D eigenvalue weighted by atomic mass is 32.1. The third-order valence-electron chi connectivity index (χ3n) is 3.16. The van der Waals surface area contributed by atoms with E-state index in [2.05, 4.69) is 20.8 Å². The molecule has 3 heterocycles. The molecule has 0 spiro atoms. The van der Waals surface area contributed by atoms with Crippen molar-refractivity contribution < 1.29 is 14.4 Å². The van der Waals surface area contributed by atoms with Crippen molar-refractivity contribution in [2.24, 2.45) is 0 Å². The SMILES string of the molecule is O=C(NCCN1C(=O)CNC1=O)c1cc(-c2cccs2)[nH]n1. The number of rotatable bonds is 5. The van der Waals surface area contributed by atoms with Gasteiger partial charge in [0.1, 0.15) is 0 Å². The van der Waals surface area contributed by atoms with Gasteiger partial charge in [-0.05, 0) is 17.5 Å². The average Bonchev–Trinajstić information content (AvgIpc) is 3.22. The summed E-state index contributed by atoms with van der Waals surface area (Å²) in [5.41, 5.74) is 1.04. The molecule has 1 aliphatic rings. The number of urea groups is 1. The van der Waals surface area contributed by atoms with E-state index in [1.165, 1.54) is 0 Å². The van der Waals surface area contributed by atoms with E-state index in [0.29, 0.717) is 0 Å². The van der Waals surface area contributed by atoms with Gasteiger partial charge in [0.15, 0.2) is 5.69 Å². The first-order chi connectivity index (χ1) is 10.6. The maximum atomic E-state index is 12.0. The fourth-order valence-corrected chi connectivity index (χ4v) is 2.74. The van der Waals surface area contributed by atoms with Gasteiger partial charge in [-0.25, -0.2) is 4.79 Å². The van der Waals surface area contributed by atoms with Crippen molar-refractivity contribution in [3.05, 3.63) is 29.3 Å². The molecule has 2 aromatic rings. The number of imide groups is 1. The van der Waals surface area contributed by atoms with Gasteiger partial charge in [0.2, 0.25) is 5.91 Å². The molecule has 114 valence electrons. The summed E-state index contributed by atoms with van der Waals surface area (Å²) in [5, 5.41) is 13.8. The van der Waals surface area contributed by atoms with Crippen LogP contribution in [0.4, 0.5) is 4.79 Å². The van der Waals surface area contributed by atoms with Gasteiger partial charge < -0.3 is 10.6 Å². The van der Waals surface area contributed by atoms with Gasteiger partial charge in [0.05, 0.1) is 17.1 Å². The number of H-pyrrole nitrogens is 1. The Labute approximate surface area is 129 Å². The molecule has 4 amide bonds. The first-order valence-corrected chi connectivity index (χ1v) is 7.49. The number of nitrogens with one attached hydrogen (secondary N) is 3. The van der Waals surface area contributed by atoms with Gasteiger partial charge in [0.25, 0.3) is 5.91 Å². The minimum Gasteiger partial charge on any atom is -0.349 e. The number of hydrogen-bond acceptors (Lipinski definition) is 5. The van der Waals surface area contributed by atoms with E-state index in [-0.39, 0.29) is 37.1 Å². The van der Waals surface area contributed by atoms with Crippen molar-refractivity contribution in [1.29, 1.82) is 0 Å². The Balaban J connectivity index is 1.54. The zero-order valence-electron chi connectivity index (χ0n) is 11.5. The molecule has 0 unspecified atom stereocenters. The van der Waals surface area contributed by atoms with E-state index in [9.17, 15) is 14.4 Å². The summed E-state index contributed by atoms with van der Waals surface area (Å²) >= 11 is 1.54. The second-order valence-corrected chi connectivity index (χ2v) is 5.55. The zero-order valence-corrected chi connectivity index (χ0v) is 12.3. The molecule has 0 bridgehead atoms. The first-order valence-electron chi connectivity index (χ1n) is 6.61. The van der Waals surface area contributed by atoms with E-state index in [1.807, 2.05) is 17.5 Å². The summed E-state index contributed by atoms with van der Waals surface area (Å²) in [6.45, 7) is 0.327. The topological polar surface area (TPSA) is 107 Å². The van der Waals surface area contributed by atoms with Crippen molar-refractivity contribution in [2.75, 3.05) is 19.6 Å². The molecule has 0 aliphatic carbocycles. The predicted octanol–water partition coefficient (Wildman–Crippen LogP) is 0.420. The van der Waals surface area contributed by atoms with Crippen molar-refractivity contribution in [2.45, 2.75) is 0 Å². The third-order valence-corrected chi connectivity index (χ3v) is 4.06. The van der Waals surface area contributed by atoms with Crippen molar-refractivity contribution in [1.82, 2.24) is 25.7 Å². The maximum Gasteiger partial charge on any atom is 0.324 e. The largest absolute Gasteiger partial charge is 0.349 e. The molecule has 0 atom stereocenters. The Kier molecular flexibility index (Phi) is 3.88. The molecule has 1 saturated heterocycles. The molecule has 0 aromatic carbocycles. The minimum absolute atomic E-state index is 0.0102. The molecule has 0 radical (unpaired) electrons. The average molecular weight is 319 g/mol. The molecular weight excluding hydrogens is 306 g/mol. The fraction of sp³-hybridized carbons (Fsp3) is 0.231. The standard InChI is InChI=1S/C13H13N5O3S/c19-11-7-15-13(21)18(11)4-3-14-12(20)9-6-8(16-17-9)10-2-1-5-22-10/h1-2,5-6H,3-4,7H2,(H,14,20)(H,15,21)(H,16,17). The van der Waals surface area contributed by atoms with E-state index in [0.717, 1.165) is 15.5 Å². The van der Waals surface area contributed by atoms with Gasteiger partial charge in [0, 0.05) is 13.1 Å². The Morgan fingerprint density at radius 2 is 2.32 bits per heavy atom. The van der Waals surface area contributed by atoms with Gasteiger partial charge >= 0.3 is 6.03 Å². The van der Waals surface area contributed by atoms with Crippen molar-refractivity contribution >= 4 is 29.2 Å². The zero-order chi connectivity index (χ0) is 15.5. The number of amides is 4. The lowest BCUT2D eigenvalue weighted by Crippen LogP contribution is -2.38. The summed E-state index contributed by atoms with van der Waals surface area (Å²) in [5.74, 6) is -0.648. The lowest BCUT2D eigenvalue weighted by molar-refractivity contribution is -0.124. The van der Waals surface area contributed by atoms with E-state index in [1.54, 1.807) is 17.4 Å². The predicted molar refractivity (Wildman–Crippen MR) is 79.3 cm³/mol.